The SMILES string of the molecule is CC/C(=C\c1ccc(O)c(F)c1)CC[C@H]1OC[C@H]2C1=C(COc1ccccc1)C[C@H]1C(=O)N(c3ccc(Nc4ccccc4)cc3)C(=O)[C@H]12. The van der Waals surface area contributed by atoms with E-state index in [9.17, 15) is 19.1 Å². The second kappa shape index (κ2) is 14.1. The number of hydrogen-bond acceptors (Lipinski definition) is 6. The first-order chi connectivity index (χ1) is 23.9. The Morgan fingerprint density at radius 2 is 1.65 bits per heavy atom. The lowest BCUT2D eigenvalue weighted by molar-refractivity contribution is -0.122. The van der Waals surface area contributed by atoms with Gasteiger partial charge in [0.05, 0.1) is 30.2 Å². The van der Waals surface area contributed by atoms with Gasteiger partial charge >= 0.3 is 0 Å². The third-order valence-corrected chi connectivity index (χ3v) is 9.88. The smallest absolute Gasteiger partial charge is 0.238 e. The number of fused-ring (bicyclic) bond motifs is 3. The number of nitrogens with zero attached hydrogens (tertiary/aromatic N) is 1. The summed E-state index contributed by atoms with van der Waals surface area (Å²) in [5.41, 5.74) is 6.28. The van der Waals surface area contributed by atoms with Crippen LogP contribution in [0.15, 0.2) is 120 Å². The number of nitrogens with one attached hydrogen (secondary N) is 1. The van der Waals surface area contributed by atoms with Crippen molar-refractivity contribution in [2.75, 3.05) is 23.4 Å². The van der Waals surface area contributed by atoms with Gasteiger partial charge in [-0.2, -0.15) is 0 Å². The van der Waals surface area contributed by atoms with Crippen LogP contribution in [-0.4, -0.2) is 36.2 Å². The Balaban J connectivity index is 1.13. The van der Waals surface area contributed by atoms with Gasteiger partial charge in [-0.25, -0.2) is 4.39 Å². The van der Waals surface area contributed by atoms with Crippen LogP contribution in [0.25, 0.3) is 6.08 Å². The highest BCUT2D eigenvalue weighted by Crippen LogP contribution is 2.50. The summed E-state index contributed by atoms with van der Waals surface area (Å²) in [5.74, 6) is -1.87. The van der Waals surface area contributed by atoms with Crippen LogP contribution in [0.3, 0.4) is 0 Å². The maximum absolute atomic E-state index is 14.2. The largest absolute Gasteiger partial charge is 0.505 e. The molecule has 0 saturated carbocycles. The van der Waals surface area contributed by atoms with Crippen LogP contribution in [0.4, 0.5) is 21.5 Å². The number of amides is 2. The van der Waals surface area contributed by atoms with Crippen LogP contribution in [0.5, 0.6) is 11.5 Å². The standard InChI is InChI=1S/C41H39FN2O5/c1-2-26(21-27-13-19-36(45)35(42)22-27)14-20-37-38-28(24-48-32-11-7-4-8-12-32)23-33-39(34(38)25-49-37)41(47)44(40(33)46)31-17-15-30(16-18-31)43-29-9-5-3-6-10-29/h3-13,15-19,21-22,33-34,37,39,43,45H,2,14,20,23-25H2,1H3/b26-21+/t33-,34+,37-,39-/m1/s1. The van der Waals surface area contributed by atoms with Crippen molar-refractivity contribution in [1.29, 1.82) is 0 Å². The molecule has 8 heteroatoms. The summed E-state index contributed by atoms with van der Waals surface area (Å²) in [7, 11) is 0. The molecule has 0 spiro atoms. The van der Waals surface area contributed by atoms with Gasteiger partial charge in [0.25, 0.3) is 0 Å². The van der Waals surface area contributed by atoms with E-state index in [4.69, 9.17) is 9.47 Å². The maximum Gasteiger partial charge on any atom is 0.238 e. The van der Waals surface area contributed by atoms with Gasteiger partial charge in [-0.1, -0.05) is 61.0 Å². The molecular weight excluding hydrogens is 619 g/mol. The zero-order valence-corrected chi connectivity index (χ0v) is 27.3. The number of carbonyl (C=O) groups is 2. The Bertz CT molecular complexity index is 1890. The number of halogens is 1. The molecule has 7 rings (SSSR count). The number of aromatic hydroxyl groups is 1. The Morgan fingerprint density at radius 3 is 2.37 bits per heavy atom. The van der Waals surface area contributed by atoms with Gasteiger partial charge in [0.2, 0.25) is 11.8 Å². The molecule has 49 heavy (non-hydrogen) atoms. The fraction of sp³-hybridized carbons (Fsp3) is 0.268. The summed E-state index contributed by atoms with van der Waals surface area (Å²) < 4.78 is 26.7. The number of benzene rings is 4. The quantitative estimate of drug-likeness (QED) is 0.124. The second-order valence-corrected chi connectivity index (χ2v) is 12.9. The first-order valence-corrected chi connectivity index (χ1v) is 16.9. The molecular formula is C41H39FN2O5. The number of hydrogen-bond donors (Lipinski definition) is 2. The minimum absolute atomic E-state index is 0.183. The van der Waals surface area contributed by atoms with E-state index < -0.39 is 17.7 Å². The summed E-state index contributed by atoms with van der Waals surface area (Å²) in [4.78, 5) is 29.5. The molecule has 2 heterocycles. The number of phenolic OH excluding ortho intramolecular Hbond substituents is 1. The number of carbonyl (C=O) groups excluding carboxylic acids is 2. The van der Waals surface area contributed by atoms with Crippen LogP contribution in [0.1, 0.15) is 38.2 Å². The maximum atomic E-state index is 14.2. The van der Waals surface area contributed by atoms with E-state index in [1.807, 2.05) is 91.0 Å². The van der Waals surface area contributed by atoms with Crippen LogP contribution in [0, 0.1) is 23.6 Å². The molecule has 2 aliphatic heterocycles. The van der Waals surface area contributed by atoms with E-state index in [2.05, 4.69) is 12.2 Å². The topological polar surface area (TPSA) is 88.1 Å². The van der Waals surface area contributed by atoms with Gasteiger partial charge in [-0.15, -0.1) is 0 Å². The zero-order valence-electron chi connectivity index (χ0n) is 27.3. The van der Waals surface area contributed by atoms with Crippen molar-refractivity contribution in [2.45, 2.75) is 38.7 Å². The fourth-order valence-corrected chi connectivity index (χ4v) is 7.45. The van der Waals surface area contributed by atoms with Crippen molar-refractivity contribution in [1.82, 2.24) is 0 Å². The normalized spacial score (nSPS) is 21.9. The van der Waals surface area contributed by atoms with Gasteiger partial charge in [0, 0.05) is 17.3 Å². The molecule has 0 unspecified atom stereocenters. The summed E-state index contributed by atoms with van der Waals surface area (Å²) in [6, 6.07) is 31.2. The van der Waals surface area contributed by atoms with Crippen LogP contribution in [0.2, 0.25) is 0 Å². The summed E-state index contributed by atoms with van der Waals surface area (Å²) >= 11 is 0. The second-order valence-electron chi connectivity index (χ2n) is 12.9. The highest BCUT2D eigenvalue weighted by molar-refractivity contribution is 6.22. The molecule has 2 saturated heterocycles. The van der Waals surface area contributed by atoms with E-state index >= 15 is 0 Å². The van der Waals surface area contributed by atoms with Crippen LogP contribution < -0.4 is 15.0 Å². The van der Waals surface area contributed by atoms with Crippen molar-refractivity contribution in [3.05, 3.63) is 131 Å². The van der Waals surface area contributed by atoms with Crippen LogP contribution >= 0.6 is 0 Å². The number of phenols is 1. The molecule has 2 N–H and O–H groups in total. The zero-order chi connectivity index (χ0) is 33.9. The minimum Gasteiger partial charge on any atom is -0.505 e. The number of allylic oxidation sites excluding steroid dienone is 1. The number of imide groups is 1. The molecule has 3 aliphatic rings. The lowest BCUT2D eigenvalue weighted by Gasteiger charge is -2.31. The molecule has 4 aromatic rings. The summed E-state index contributed by atoms with van der Waals surface area (Å²) in [6.45, 7) is 2.73. The predicted octanol–water partition coefficient (Wildman–Crippen LogP) is 8.45. The van der Waals surface area contributed by atoms with Gasteiger partial charge in [-0.3, -0.25) is 14.5 Å². The summed E-state index contributed by atoms with van der Waals surface area (Å²) in [5, 5.41) is 12.9. The van der Waals surface area contributed by atoms with E-state index in [-0.39, 0.29) is 29.6 Å². The molecule has 250 valence electrons. The highest BCUT2D eigenvalue weighted by Gasteiger charge is 2.57. The Kier molecular flexibility index (Phi) is 9.31. The van der Waals surface area contributed by atoms with Crippen molar-refractivity contribution < 1.29 is 28.6 Å². The number of ether oxygens (including phenoxy) is 2. The third-order valence-electron chi connectivity index (χ3n) is 9.88. The number of rotatable bonds is 11. The number of anilines is 3. The van der Waals surface area contributed by atoms with E-state index in [1.165, 1.54) is 17.0 Å². The van der Waals surface area contributed by atoms with E-state index in [0.717, 1.165) is 40.3 Å². The lowest BCUT2D eigenvalue weighted by Crippen LogP contribution is -2.35. The molecule has 4 atom stereocenters. The Labute approximate surface area is 285 Å². The molecule has 0 radical (unpaired) electrons. The monoisotopic (exact) mass is 658 g/mol. The predicted molar refractivity (Wildman–Crippen MR) is 188 cm³/mol. The molecule has 0 aromatic heterocycles. The molecule has 7 nitrogen and oxygen atoms in total. The minimum atomic E-state index is -0.652. The summed E-state index contributed by atoms with van der Waals surface area (Å²) in [6.07, 6.45) is 4.32. The first kappa shape index (κ1) is 32.3. The number of para-hydroxylation sites is 2. The molecule has 0 bridgehead atoms. The van der Waals surface area contributed by atoms with Gasteiger partial charge in [-0.05, 0) is 103 Å². The van der Waals surface area contributed by atoms with Crippen molar-refractivity contribution >= 4 is 35.0 Å². The van der Waals surface area contributed by atoms with Gasteiger partial charge in [0.15, 0.2) is 11.6 Å². The molecule has 4 aromatic carbocycles. The van der Waals surface area contributed by atoms with Crippen molar-refractivity contribution in [3.63, 3.8) is 0 Å². The lowest BCUT2D eigenvalue weighted by atomic mass is 9.69. The highest BCUT2D eigenvalue weighted by atomic mass is 19.1. The molecule has 2 amide bonds. The fourth-order valence-electron chi connectivity index (χ4n) is 7.45. The van der Waals surface area contributed by atoms with Crippen molar-refractivity contribution in [2.24, 2.45) is 17.8 Å². The average Bonchev–Trinajstić information content (AvgIpc) is 3.66. The van der Waals surface area contributed by atoms with Crippen LogP contribution in [-0.2, 0) is 14.3 Å². The van der Waals surface area contributed by atoms with Crippen molar-refractivity contribution in [3.8, 4) is 11.5 Å². The van der Waals surface area contributed by atoms with E-state index in [1.54, 1.807) is 6.07 Å². The Morgan fingerprint density at radius 1 is 0.939 bits per heavy atom. The molecule has 1 aliphatic carbocycles. The van der Waals surface area contributed by atoms with Gasteiger partial charge < -0.3 is 19.9 Å². The first-order valence-electron chi connectivity index (χ1n) is 16.9. The van der Waals surface area contributed by atoms with Gasteiger partial charge in [0.1, 0.15) is 12.4 Å². The third kappa shape index (κ3) is 6.74. The Hall–Kier alpha value is -5.21. The average molecular weight is 659 g/mol. The molecule has 2 fully saturated rings. The van der Waals surface area contributed by atoms with E-state index in [0.29, 0.717) is 43.7 Å².